The van der Waals surface area contributed by atoms with Crippen LogP contribution in [0.15, 0.2) is 60.8 Å². The van der Waals surface area contributed by atoms with Gasteiger partial charge >= 0.3 is 17.9 Å². The van der Waals surface area contributed by atoms with Gasteiger partial charge in [0.2, 0.25) is 0 Å². The fourth-order valence-corrected chi connectivity index (χ4v) is 10.5. The Morgan fingerprint density at radius 1 is 0.263 bits per heavy atom. The van der Waals surface area contributed by atoms with Crippen LogP contribution in [0.2, 0.25) is 0 Å². The van der Waals surface area contributed by atoms with Crippen molar-refractivity contribution in [3.63, 3.8) is 0 Å². The fraction of sp³-hybridized carbons (Fsp3) is 0.824. The maximum Gasteiger partial charge on any atom is 0.306 e. The highest BCUT2D eigenvalue weighted by molar-refractivity contribution is 5.71. The standard InChI is InChI=1S/C74H134O6/c1-4-7-10-13-16-19-22-25-27-28-29-30-31-32-33-34-35-36-37-38-39-40-41-42-43-44-45-46-48-49-52-55-58-61-64-67-73(76)79-70-71(69-78-72(75)66-63-60-57-54-51-24-21-18-15-12-9-6-3)80-74(77)68-65-62-59-56-53-50-47-26-23-20-17-14-11-8-5-2/h7,10,16,19,25-27,29-30,47,71H,4-6,8-9,11-15,17-18,20-24,28,31-46,48-70H2,1-3H3/b10-7-,19-16-,27-25-,30-29-,47-26-. The van der Waals surface area contributed by atoms with Crippen LogP contribution >= 0.6 is 0 Å². The monoisotopic (exact) mass is 1120 g/mol. The summed E-state index contributed by atoms with van der Waals surface area (Å²) in [5, 5.41) is 0. The maximum absolute atomic E-state index is 12.9. The number of allylic oxidation sites excluding steroid dienone is 10. The second-order valence-electron chi connectivity index (χ2n) is 23.8. The van der Waals surface area contributed by atoms with Crippen LogP contribution in [-0.2, 0) is 28.6 Å². The lowest BCUT2D eigenvalue weighted by Gasteiger charge is -2.18. The molecule has 0 aromatic rings. The average Bonchev–Trinajstić information content (AvgIpc) is 3.46. The molecule has 6 nitrogen and oxygen atoms in total. The predicted molar refractivity (Wildman–Crippen MR) is 348 cm³/mol. The third kappa shape index (κ3) is 65.9. The van der Waals surface area contributed by atoms with Crippen molar-refractivity contribution in [2.45, 2.75) is 380 Å². The third-order valence-electron chi connectivity index (χ3n) is 15.8. The van der Waals surface area contributed by atoms with Gasteiger partial charge in [-0.15, -0.1) is 0 Å². The summed E-state index contributed by atoms with van der Waals surface area (Å²) < 4.78 is 16.9. The van der Waals surface area contributed by atoms with Crippen molar-refractivity contribution in [2.24, 2.45) is 0 Å². The van der Waals surface area contributed by atoms with E-state index >= 15 is 0 Å². The first-order valence-corrected chi connectivity index (χ1v) is 35.3. The van der Waals surface area contributed by atoms with Crippen LogP contribution in [-0.4, -0.2) is 37.2 Å². The number of carbonyl (C=O) groups is 3. The molecule has 0 N–H and O–H groups in total. The van der Waals surface area contributed by atoms with E-state index in [-0.39, 0.29) is 31.1 Å². The molecule has 0 radical (unpaired) electrons. The third-order valence-corrected chi connectivity index (χ3v) is 15.8. The summed E-state index contributed by atoms with van der Waals surface area (Å²) in [5.41, 5.74) is 0. The van der Waals surface area contributed by atoms with E-state index in [0.717, 1.165) is 89.9 Å². The second-order valence-corrected chi connectivity index (χ2v) is 23.8. The van der Waals surface area contributed by atoms with E-state index in [2.05, 4.69) is 81.5 Å². The Morgan fingerprint density at radius 2 is 0.487 bits per heavy atom. The molecule has 0 spiro atoms. The summed E-state index contributed by atoms with van der Waals surface area (Å²) in [5.74, 6) is -0.855. The molecule has 466 valence electrons. The predicted octanol–water partition coefficient (Wildman–Crippen LogP) is 24.3. The van der Waals surface area contributed by atoms with Gasteiger partial charge in [-0.05, 0) is 83.5 Å². The first kappa shape index (κ1) is 77.1. The van der Waals surface area contributed by atoms with Crippen LogP contribution in [0.3, 0.4) is 0 Å². The SMILES string of the molecule is CC/C=C\C/C=C\C/C=C\C/C=C\CCCCCCCCCCCCCCCCCCCCCCCCC(=O)OCC(COC(=O)CCCCCCCCCCCCCC)OC(=O)CCCCCCC/C=C\CCCCCCCC. The topological polar surface area (TPSA) is 78.9 Å². The summed E-state index contributed by atoms with van der Waals surface area (Å²) in [6.45, 7) is 6.57. The van der Waals surface area contributed by atoms with Gasteiger partial charge in [-0.2, -0.15) is 0 Å². The molecule has 1 atom stereocenters. The zero-order valence-corrected chi connectivity index (χ0v) is 53.6. The van der Waals surface area contributed by atoms with Crippen molar-refractivity contribution in [3.8, 4) is 0 Å². The summed E-state index contributed by atoms with van der Waals surface area (Å²) in [6, 6.07) is 0. The molecule has 0 fully saturated rings. The molecule has 0 saturated heterocycles. The Labute approximate surface area is 498 Å². The van der Waals surface area contributed by atoms with E-state index < -0.39 is 6.10 Å². The number of esters is 3. The molecule has 0 saturated carbocycles. The van der Waals surface area contributed by atoms with Gasteiger partial charge in [0.1, 0.15) is 13.2 Å². The number of carbonyl (C=O) groups excluding carboxylic acids is 3. The van der Waals surface area contributed by atoms with E-state index in [0.29, 0.717) is 19.3 Å². The number of unbranched alkanes of at least 4 members (excludes halogenated alkanes) is 44. The quantitative estimate of drug-likeness (QED) is 0.0261. The minimum atomic E-state index is -0.774. The van der Waals surface area contributed by atoms with Gasteiger partial charge in [-0.3, -0.25) is 14.4 Å². The summed E-state index contributed by atoms with van der Waals surface area (Å²) in [4.78, 5) is 38.3. The van der Waals surface area contributed by atoms with Crippen LogP contribution in [0.5, 0.6) is 0 Å². The van der Waals surface area contributed by atoms with Crippen LogP contribution in [0, 0.1) is 0 Å². The van der Waals surface area contributed by atoms with Crippen molar-refractivity contribution in [1.82, 2.24) is 0 Å². The van der Waals surface area contributed by atoms with E-state index in [1.807, 2.05) is 0 Å². The van der Waals surface area contributed by atoms with Crippen molar-refractivity contribution in [3.05, 3.63) is 60.8 Å². The van der Waals surface area contributed by atoms with Gasteiger partial charge in [0.05, 0.1) is 0 Å². The van der Waals surface area contributed by atoms with Crippen molar-refractivity contribution in [2.75, 3.05) is 13.2 Å². The van der Waals surface area contributed by atoms with Crippen LogP contribution < -0.4 is 0 Å². The summed E-state index contributed by atoms with van der Waals surface area (Å²) in [6.07, 6.45) is 88.4. The van der Waals surface area contributed by atoms with Crippen LogP contribution in [0.1, 0.15) is 374 Å². The molecule has 1 unspecified atom stereocenters. The fourth-order valence-electron chi connectivity index (χ4n) is 10.5. The molecule has 80 heavy (non-hydrogen) atoms. The summed E-state index contributed by atoms with van der Waals surface area (Å²) >= 11 is 0. The lowest BCUT2D eigenvalue weighted by molar-refractivity contribution is -0.167. The van der Waals surface area contributed by atoms with E-state index in [4.69, 9.17) is 14.2 Å². The highest BCUT2D eigenvalue weighted by Gasteiger charge is 2.19. The number of ether oxygens (including phenoxy) is 3. The van der Waals surface area contributed by atoms with Crippen molar-refractivity contribution in [1.29, 1.82) is 0 Å². The van der Waals surface area contributed by atoms with Crippen molar-refractivity contribution >= 4 is 17.9 Å². The maximum atomic E-state index is 12.9. The lowest BCUT2D eigenvalue weighted by atomic mass is 10.0. The number of hydrogen-bond donors (Lipinski definition) is 0. The first-order valence-electron chi connectivity index (χ1n) is 35.3. The molecule has 0 aromatic heterocycles. The first-order chi connectivity index (χ1) is 39.5. The van der Waals surface area contributed by atoms with Crippen molar-refractivity contribution < 1.29 is 28.6 Å². The number of rotatable bonds is 65. The molecule has 0 aliphatic rings. The normalized spacial score (nSPS) is 12.4. The minimum absolute atomic E-state index is 0.0706. The minimum Gasteiger partial charge on any atom is -0.462 e. The molecule has 0 amide bonds. The van der Waals surface area contributed by atoms with E-state index in [9.17, 15) is 14.4 Å². The van der Waals surface area contributed by atoms with Crippen LogP contribution in [0.25, 0.3) is 0 Å². The van der Waals surface area contributed by atoms with Gasteiger partial charge in [0.25, 0.3) is 0 Å². The van der Waals surface area contributed by atoms with Gasteiger partial charge < -0.3 is 14.2 Å². The Morgan fingerprint density at radius 3 is 0.775 bits per heavy atom. The summed E-state index contributed by atoms with van der Waals surface area (Å²) in [7, 11) is 0. The Balaban J connectivity index is 4.05. The Kier molecular flexibility index (Phi) is 66.1. The highest BCUT2D eigenvalue weighted by atomic mass is 16.6. The average molecular weight is 1120 g/mol. The zero-order valence-electron chi connectivity index (χ0n) is 53.6. The highest BCUT2D eigenvalue weighted by Crippen LogP contribution is 2.18. The lowest BCUT2D eigenvalue weighted by Crippen LogP contribution is -2.30. The van der Waals surface area contributed by atoms with E-state index in [1.165, 1.54) is 244 Å². The van der Waals surface area contributed by atoms with Gasteiger partial charge in [-0.1, -0.05) is 332 Å². The number of hydrogen-bond acceptors (Lipinski definition) is 6. The molecule has 0 heterocycles. The smallest absolute Gasteiger partial charge is 0.306 e. The molecule has 0 rings (SSSR count). The molecule has 0 aliphatic heterocycles. The van der Waals surface area contributed by atoms with Gasteiger partial charge in [0.15, 0.2) is 6.10 Å². The molecule has 0 aromatic carbocycles. The zero-order chi connectivity index (χ0) is 57.8. The Bertz CT molecular complexity index is 1430. The van der Waals surface area contributed by atoms with Gasteiger partial charge in [-0.25, -0.2) is 0 Å². The van der Waals surface area contributed by atoms with E-state index in [1.54, 1.807) is 0 Å². The molecule has 0 aliphatic carbocycles. The Hall–Kier alpha value is -2.89. The van der Waals surface area contributed by atoms with Gasteiger partial charge in [0, 0.05) is 19.3 Å². The largest absolute Gasteiger partial charge is 0.462 e. The molecule has 6 heteroatoms. The van der Waals surface area contributed by atoms with Crippen LogP contribution in [0.4, 0.5) is 0 Å². The molecular formula is C74H134O6. The molecule has 0 bridgehead atoms. The second kappa shape index (κ2) is 68.6. The molecular weight excluding hydrogens is 985 g/mol.